The average molecular weight is 367 g/mol. The maximum Gasteiger partial charge on any atom is 0.328 e. The molecule has 1 atom stereocenters. The first kappa shape index (κ1) is 19.9. The molecule has 0 amide bonds. The normalized spacial score (nSPS) is 18.7. The Balaban J connectivity index is 0.000000260. The number of carboxylic acid groups (broad SMARTS) is 2. The van der Waals surface area contributed by atoms with E-state index in [2.05, 4.69) is 5.32 Å². The fourth-order valence-electron chi connectivity index (χ4n) is 2.82. The molecule has 1 aliphatic heterocycles. The minimum atomic E-state index is -1.26. The third-order valence-electron chi connectivity index (χ3n) is 3.98. The van der Waals surface area contributed by atoms with Crippen LogP contribution in [0, 0.1) is 5.82 Å². The van der Waals surface area contributed by atoms with Crippen LogP contribution in [0.5, 0.6) is 5.75 Å². The van der Waals surface area contributed by atoms with E-state index in [1.54, 1.807) is 6.07 Å². The average Bonchev–Trinajstić information content (AvgIpc) is 3.12. The molecule has 26 heavy (non-hydrogen) atoms. The molecule has 1 aliphatic carbocycles. The van der Waals surface area contributed by atoms with E-state index in [9.17, 15) is 14.0 Å². The first-order valence-electron chi connectivity index (χ1n) is 8.36. The summed E-state index contributed by atoms with van der Waals surface area (Å²) in [4.78, 5) is 19.1. The molecule has 0 spiro atoms. The Morgan fingerprint density at radius 3 is 2.54 bits per heavy atom. The second-order valence-corrected chi connectivity index (χ2v) is 5.87. The maximum atomic E-state index is 13.6. The van der Waals surface area contributed by atoms with Crippen LogP contribution in [0.4, 0.5) is 4.39 Å². The van der Waals surface area contributed by atoms with E-state index >= 15 is 0 Å². The Labute approximate surface area is 150 Å². The lowest BCUT2D eigenvalue weighted by Crippen LogP contribution is -2.41. The number of carbonyl (C=O) groups is 2. The van der Waals surface area contributed by atoms with Gasteiger partial charge in [0.2, 0.25) is 0 Å². The van der Waals surface area contributed by atoms with Crippen molar-refractivity contribution in [2.45, 2.75) is 25.4 Å². The lowest BCUT2D eigenvalue weighted by atomic mass is 10.1. The van der Waals surface area contributed by atoms with Crippen molar-refractivity contribution in [1.82, 2.24) is 5.32 Å². The Hall–Kier alpha value is -2.45. The number of nitrogens with one attached hydrogen (secondary N) is 1. The molecular weight excluding hydrogens is 345 g/mol. The summed E-state index contributed by atoms with van der Waals surface area (Å²) in [5.41, 5.74) is 1.90. The number of hydrogen-bond acceptors (Lipinski definition) is 5. The number of benzene rings is 1. The third-order valence-corrected chi connectivity index (χ3v) is 3.98. The van der Waals surface area contributed by atoms with Crippen LogP contribution in [0.25, 0.3) is 0 Å². The number of halogens is 1. The van der Waals surface area contributed by atoms with Gasteiger partial charge < -0.3 is 25.0 Å². The fourth-order valence-corrected chi connectivity index (χ4v) is 2.82. The predicted molar refractivity (Wildman–Crippen MR) is 90.9 cm³/mol. The standard InChI is InChI=1S/C14H18FNO2.C4H4O4/c15-13-4-5-14(12-3-1-2-11(12)13)18-9-10-8-16-6-7-17-10;5-3(6)1-2-4(7)8/h4-5,10,16H,1-3,6-9H2;1-2H,(H,5,6)(H,7,8). The smallest absolute Gasteiger partial charge is 0.328 e. The second-order valence-electron chi connectivity index (χ2n) is 5.87. The van der Waals surface area contributed by atoms with Gasteiger partial charge in [-0.05, 0) is 37.0 Å². The van der Waals surface area contributed by atoms with Gasteiger partial charge in [-0.2, -0.15) is 0 Å². The highest BCUT2D eigenvalue weighted by Crippen LogP contribution is 2.32. The molecule has 142 valence electrons. The number of morpholine rings is 1. The van der Waals surface area contributed by atoms with Crippen molar-refractivity contribution >= 4 is 11.9 Å². The highest BCUT2D eigenvalue weighted by atomic mass is 19.1. The topological polar surface area (TPSA) is 105 Å². The lowest BCUT2D eigenvalue weighted by molar-refractivity contribution is -0.134. The summed E-state index contributed by atoms with van der Waals surface area (Å²) in [5, 5.41) is 18.9. The van der Waals surface area contributed by atoms with Gasteiger partial charge in [-0.15, -0.1) is 0 Å². The monoisotopic (exact) mass is 367 g/mol. The quantitative estimate of drug-likeness (QED) is 0.676. The Bertz CT molecular complexity index is 654. The third kappa shape index (κ3) is 6.12. The molecule has 2 aliphatic rings. The number of rotatable bonds is 5. The zero-order chi connectivity index (χ0) is 18.9. The number of ether oxygens (including phenoxy) is 2. The molecule has 3 N–H and O–H groups in total. The van der Waals surface area contributed by atoms with Crippen LogP contribution < -0.4 is 10.1 Å². The van der Waals surface area contributed by atoms with E-state index in [1.807, 2.05) is 0 Å². The lowest BCUT2D eigenvalue weighted by Gasteiger charge is -2.24. The summed E-state index contributed by atoms with van der Waals surface area (Å²) in [7, 11) is 0. The van der Waals surface area contributed by atoms with Crippen molar-refractivity contribution in [2.24, 2.45) is 0 Å². The van der Waals surface area contributed by atoms with E-state index in [0.29, 0.717) is 18.8 Å². The van der Waals surface area contributed by atoms with Crippen molar-refractivity contribution in [2.75, 3.05) is 26.3 Å². The van der Waals surface area contributed by atoms with E-state index in [0.717, 1.165) is 55.8 Å². The van der Waals surface area contributed by atoms with Crippen molar-refractivity contribution in [3.63, 3.8) is 0 Å². The predicted octanol–water partition coefficient (Wildman–Crippen LogP) is 1.39. The van der Waals surface area contributed by atoms with Crippen LogP contribution in [0.3, 0.4) is 0 Å². The number of hydrogen-bond donors (Lipinski definition) is 3. The SMILES string of the molecule is Fc1ccc(OCC2CNCCO2)c2c1CCC2.O=C(O)C=CC(=O)O. The highest BCUT2D eigenvalue weighted by molar-refractivity contribution is 5.89. The Morgan fingerprint density at radius 1 is 1.23 bits per heavy atom. The van der Waals surface area contributed by atoms with Crippen LogP contribution in [-0.4, -0.2) is 54.6 Å². The van der Waals surface area contributed by atoms with E-state index in [1.165, 1.54) is 6.07 Å². The molecule has 8 heteroatoms. The van der Waals surface area contributed by atoms with Crippen LogP contribution >= 0.6 is 0 Å². The van der Waals surface area contributed by atoms with Crippen LogP contribution in [0.1, 0.15) is 17.5 Å². The summed E-state index contributed by atoms with van der Waals surface area (Å²) in [5.74, 6) is -1.77. The van der Waals surface area contributed by atoms with Gasteiger partial charge in [0.05, 0.1) is 6.61 Å². The summed E-state index contributed by atoms with van der Waals surface area (Å²) in [6.45, 7) is 2.99. The molecule has 0 saturated carbocycles. The molecule has 1 aromatic rings. The summed E-state index contributed by atoms with van der Waals surface area (Å²) in [6.07, 6.45) is 3.99. The first-order valence-corrected chi connectivity index (χ1v) is 8.36. The van der Waals surface area contributed by atoms with Crippen LogP contribution in [-0.2, 0) is 27.2 Å². The highest BCUT2D eigenvalue weighted by Gasteiger charge is 2.21. The van der Waals surface area contributed by atoms with Crippen LogP contribution in [0.2, 0.25) is 0 Å². The fraction of sp³-hybridized carbons (Fsp3) is 0.444. The number of aliphatic carboxylic acids is 2. The summed E-state index contributed by atoms with van der Waals surface area (Å²) in [6, 6.07) is 3.26. The van der Waals surface area contributed by atoms with Crippen molar-refractivity contribution < 1.29 is 33.7 Å². The molecule has 3 rings (SSSR count). The van der Waals surface area contributed by atoms with Gasteiger partial charge in [-0.1, -0.05) is 0 Å². The number of carboxylic acids is 2. The molecular formula is C18H22FNO6. The van der Waals surface area contributed by atoms with Crippen molar-refractivity contribution in [3.05, 3.63) is 41.2 Å². The van der Waals surface area contributed by atoms with Gasteiger partial charge >= 0.3 is 11.9 Å². The molecule has 0 radical (unpaired) electrons. The van der Waals surface area contributed by atoms with E-state index in [-0.39, 0.29) is 11.9 Å². The van der Waals surface area contributed by atoms with Gasteiger partial charge in [-0.25, -0.2) is 14.0 Å². The molecule has 7 nitrogen and oxygen atoms in total. The second kappa shape index (κ2) is 9.88. The maximum absolute atomic E-state index is 13.6. The number of fused-ring (bicyclic) bond motifs is 1. The molecule has 1 heterocycles. The van der Waals surface area contributed by atoms with E-state index < -0.39 is 11.9 Å². The largest absolute Gasteiger partial charge is 0.491 e. The minimum absolute atomic E-state index is 0.0922. The molecule has 0 aromatic heterocycles. The van der Waals surface area contributed by atoms with Gasteiger partial charge in [0.15, 0.2) is 0 Å². The molecule has 1 unspecified atom stereocenters. The van der Waals surface area contributed by atoms with Crippen molar-refractivity contribution in [3.8, 4) is 5.75 Å². The van der Waals surface area contributed by atoms with Gasteiger partial charge in [-0.3, -0.25) is 0 Å². The Kier molecular flexibility index (Phi) is 7.55. The summed E-state index contributed by atoms with van der Waals surface area (Å²) < 4.78 is 25.0. The summed E-state index contributed by atoms with van der Waals surface area (Å²) >= 11 is 0. The molecule has 1 fully saturated rings. The zero-order valence-electron chi connectivity index (χ0n) is 14.2. The van der Waals surface area contributed by atoms with Gasteiger partial charge in [0.1, 0.15) is 24.3 Å². The van der Waals surface area contributed by atoms with Crippen LogP contribution in [0.15, 0.2) is 24.3 Å². The van der Waals surface area contributed by atoms with E-state index in [4.69, 9.17) is 19.7 Å². The minimum Gasteiger partial charge on any atom is -0.491 e. The van der Waals surface area contributed by atoms with Crippen molar-refractivity contribution in [1.29, 1.82) is 0 Å². The molecule has 1 aromatic carbocycles. The molecule has 1 saturated heterocycles. The first-order chi connectivity index (χ1) is 12.5. The zero-order valence-corrected chi connectivity index (χ0v) is 14.2. The van der Waals surface area contributed by atoms with Gasteiger partial charge in [0.25, 0.3) is 0 Å². The van der Waals surface area contributed by atoms with Gasteiger partial charge in [0, 0.05) is 30.8 Å². The molecule has 0 bridgehead atoms. The Morgan fingerprint density at radius 2 is 1.92 bits per heavy atom.